The van der Waals surface area contributed by atoms with Gasteiger partial charge in [-0.2, -0.15) is 4.31 Å². The number of hydrogen-bond acceptors (Lipinski definition) is 6. The summed E-state index contributed by atoms with van der Waals surface area (Å²) < 4.78 is 24.6. The smallest absolute Gasteiger partial charge is 0.271 e. The molecule has 2 aromatic rings. The Labute approximate surface area is 179 Å². The number of nitro benzene ring substituents is 1. The van der Waals surface area contributed by atoms with Gasteiger partial charge in [0.2, 0.25) is 10.0 Å². The predicted molar refractivity (Wildman–Crippen MR) is 114 cm³/mol. The van der Waals surface area contributed by atoms with Crippen LogP contribution >= 0.6 is 11.6 Å². The first-order valence-corrected chi connectivity index (χ1v) is 11.4. The summed E-state index contributed by atoms with van der Waals surface area (Å²) in [6, 6.07) is 10.8. The van der Waals surface area contributed by atoms with Gasteiger partial charge in [-0.1, -0.05) is 23.7 Å². The Kier molecular flexibility index (Phi) is 6.71. The number of benzene rings is 2. The molecule has 160 valence electrons. The first kappa shape index (κ1) is 22.2. The molecule has 1 aliphatic heterocycles. The number of anilines is 1. The van der Waals surface area contributed by atoms with Crippen molar-refractivity contribution in [2.24, 2.45) is 0 Å². The number of hydrogen-bond donors (Lipinski definition) is 1. The topological polar surface area (TPSA) is 113 Å². The molecule has 0 unspecified atom stereocenters. The molecule has 1 N–H and O–H groups in total. The number of nitrogens with zero attached hydrogens (tertiary/aromatic N) is 3. The molecule has 1 heterocycles. The van der Waals surface area contributed by atoms with Crippen molar-refractivity contribution in [3.63, 3.8) is 0 Å². The standard InChI is InChI=1S/C19H21ClN4O5S/c1-30(28,29)23-10-8-22(9-11-23)13-14-2-4-15(5-3-14)19(25)21-18-12-16(24(26)27)6-7-17(18)20/h2-7,12H,8-11,13H2,1H3,(H,21,25). The number of piperazine rings is 1. The maximum Gasteiger partial charge on any atom is 0.271 e. The van der Waals surface area contributed by atoms with E-state index in [0.29, 0.717) is 38.3 Å². The summed E-state index contributed by atoms with van der Waals surface area (Å²) in [7, 11) is -3.16. The highest BCUT2D eigenvalue weighted by molar-refractivity contribution is 7.88. The van der Waals surface area contributed by atoms with E-state index >= 15 is 0 Å². The normalized spacial score (nSPS) is 15.7. The third-order valence-electron chi connectivity index (χ3n) is 4.83. The van der Waals surface area contributed by atoms with Crippen molar-refractivity contribution in [1.82, 2.24) is 9.21 Å². The van der Waals surface area contributed by atoms with Crippen LogP contribution in [0.4, 0.5) is 11.4 Å². The maximum atomic E-state index is 12.5. The van der Waals surface area contributed by atoms with E-state index in [1.165, 1.54) is 28.8 Å². The van der Waals surface area contributed by atoms with Crippen LogP contribution < -0.4 is 5.32 Å². The van der Waals surface area contributed by atoms with E-state index in [9.17, 15) is 23.3 Å². The summed E-state index contributed by atoms with van der Waals surface area (Å²) in [6.07, 6.45) is 1.22. The molecule has 3 rings (SSSR count). The van der Waals surface area contributed by atoms with E-state index in [1.54, 1.807) is 12.1 Å². The number of halogens is 1. The van der Waals surface area contributed by atoms with Crippen LogP contribution in [0, 0.1) is 10.1 Å². The number of sulfonamides is 1. The highest BCUT2D eigenvalue weighted by atomic mass is 35.5. The van der Waals surface area contributed by atoms with Gasteiger partial charge in [-0.15, -0.1) is 0 Å². The van der Waals surface area contributed by atoms with Crippen molar-refractivity contribution in [2.45, 2.75) is 6.54 Å². The minimum absolute atomic E-state index is 0.166. The molecule has 0 atom stereocenters. The van der Waals surface area contributed by atoms with Gasteiger partial charge in [0, 0.05) is 50.4 Å². The highest BCUT2D eigenvalue weighted by Gasteiger charge is 2.23. The van der Waals surface area contributed by atoms with Crippen molar-refractivity contribution in [3.8, 4) is 0 Å². The first-order valence-electron chi connectivity index (χ1n) is 9.15. The van der Waals surface area contributed by atoms with Crippen LogP contribution in [0.15, 0.2) is 42.5 Å². The molecule has 0 aromatic heterocycles. The molecule has 1 fully saturated rings. The Hall–Kier alpha value is -2.53. The van der Waals surface area contributed by atoms with Crippen molar-refractivity contribution in [2.75, 3.05) is 37.8 Å². The summed E-state index contributed by atoms with van der Waals surface area (Å²) in [4.78, 5) is 25.0. The second-order valence-corrected chi connectivity index (χ2v) is 9.40. The summed E-state index contributed by atoms with van der Waals surface area (Å²) in [5.41, 5.74) is 1.39. The second-order valence-electron chi connectivity index (χ2n) is 7.01. The third kappa shape index (κ3) is 5.54. The predicted octanol–water partition coefficient (Wildman–Crippen LogP) is 2.58. The summed E-state index contributed by atoms with van der Waals surface area (Å²) in [5, 5.41) is 13.7. The van der Waals surface area contributed by atoms with Gasteiger partial charge in [0.05, 0.1) is 21.9 Å². The SMILES string of the molecule is CS(=O)(=O)N1CCN(Cc2ccc(C(=O)Nc3cc([N+](=O)[O-])ccc3Cl)cc2)CC1. The molecule has 11 heteroatoms. The first-order chi connectivity index (χ1) is 14.1. The number of non-ortho nitro benzene ring substituents is 1. The van der Waals surface area contributed by atoms with Gasteiger partial charge in [-0.25, -0.2) is 8.42 Å². The zero-order valence-corrected chi connectivity index (χ0v) is 17.8. The molecule has 1 amide bonds. The molecular formula is C19H21ClN4O5S. The van der Waals surface area contributed by atoms with E-state index in [4.69, 9.17) is 11.6 Å². The molecule has 1 saturated heterocycles. The monoisotopic (exact) mass is 452 g/mol. The molecule has 0 aliphatic carbocycles. The average molecular weight is 453 g/mol. The van der Waals surface area contributed by atoms with Crippen LogP contribution in [-0.2, 0) is 16.6 Å². The zero-order chi connectivity index (χ0) is 21.9. The lowest BCUT2D eigenvalue weighted by Gasteiger charge is -2.33. The molecule has 2 aromatic carbocycles. The summed E-state index contributed by atoms with van der Waals surface area (Å²) in [6.45, 7) is 2.85. The molecule has 0 bridgehead atoms. The third-order valence-corrected chi connectivity index (χ3v) is 6.46. The van der Waals surface area contributed by atoms with Gasteiger partial charge >= 0.3 is 0 Å². The van der Waals surface area contributed by atoms with Gasteiger partial charge in [0.1, 0.15) is 0 Å². The molecule has 0 spiro atoms. The maximum absolute atomic E-state index is 12.5. The van der Waals surface area contributed by atoms with Crippen molar-refractivity contribution >= 4 is 38.9 Å². The molecule has 0 saturated carbocycles. The number of rotatable bonds is 6. The Morgan fingerprint density at radius 1 is 1.13 bits per heavy atom. The Bertz CT molecular complexity index is 1050. The van der Waals surface area contributed by atoms with Crippen LogP contribution in [0.25, 0.3) is 0 Å². The lowest BCUT2D eigenvalue weighted by Crippen LogP contribution is -2.47. The lowest BCUT2D eigenvalue weighted by atomic mass is 10.1. The number of amides is 1. The fraction of sp³-hybridized carbons (Fsp3) is 0.316. The summed E-state index contributed by atoms with van der Waals surface area (Å²) in [5.74, 6) is -0.425. The average Bonchev–Trinajstić information content (AvgIpc) is 2.69. The van der Waals surface area contributed by atoms with E-state index < -0.39 is 20.9 Å². The Balaban J connectivity index is 1.60. The van der Waals surface area contributed by atoms with Crippen LogP contribution in [0.5, 0.6) is 0 Å². The van der Waals surface area contributed by atoms with E-state index in [2.05, 4.69) is 10.2 Å². The van der Waals surface area contributed by atoms with Crippen LogP contribution in [0.1, 0.15) is 15.9 Å². The second kappa shape index (κ2) is 9.09. The van der Waals surface area contributed by atoms with E-state index in [0.717, 1.165) is 5.56 Å². The number of nitro groups is 1. The van der Waals surface area contributed by atoms with Gasteiger partial charge in [0.25, 0.3) is 11.6 Å². The zero-order valence-electron chi connectivity index (χ0n) is 16.2. The lowest BCUT2D eigenvalue weighted by molar-refractivity contribution is -0.384. The Morgan fingerprint density at radius 2 is 1.77 bits per heavy atom. The number of carbonyl (C=O) groups is 1. The molecule has 0 radical (unpaired) electrons. The largest absolute Gasteiger partial charge is 0.320 e. The molecule has 30 heavy (non-hydrogen) atoms. The van der Waals surface area contributed by atoms with Gasteiger partial charge in [0.15, 0.2) is 0 Å². The molecule has 9 nitrogen and oxygen atoms in total. The van der Waals surface area contributed by atoms with E-state index in [-0.39, 0.29) is 16.4 Å². The minimum Gasteiger partial charge on any atom is -0.320 e. The fourth-order valence-electron chi connectivity index (χ4n) is 3.16. The van der Waals surface area contributed by atoms with Crippen molar-refractivity contribution in [1.29, 1.82) is 0 Å². The van der Waals surface area contributed by atoms with Crippen LogP contribution in [-0.4, -0.2) is 60.9 Å². The van der Waals surface area contributed by atoms with Crippen LogP contribution in [0.3, 0.4) is 0 Å². The Morgan fingerprint density at radius 3 is 2.33 bits per heavy atom. The van der Waals surface area contributed by atoms with Gasteiger partial charge < -0.3 is 5.32 Å². The van der Waals surface area contributed by atoms with Gasteiger partial charge in [-0.3, -0.25) is 19.8 Å². The number of carbonyl (C=O) groups excluding carboxylic acids is 1. The number of nitrogens with one attached hydrogen (secondary N) is 1. The van der Waals surface area contributed by atoms with Crippen molar-refractivity contribution in [3.05, 3.63) is 68.7 Å². The minimum atomic E-state index is -3.16. The van der Waals surface area contributed by atoms with Crippen molar-refractivity contribution < 1.29 is 18.1 Å². The van der Waals surface area contributed by atoms with Gasteiger partial charge in [-0.05, 0) is 23.8 Å². The molecule has 1 aliphatic rings. The summed E-state index contributed by atoms with van der Waals surface area (Å²) >= 11 is 6.02. The fourth-order valence-corrected chi connectivity index (χ4v) is 4.15. The van der Waals surface area contributed by atoms with E-state index in [1.807, 2.05) is 12.1 Å². The molecular weight excluding hydrogens is 432 g/mol. The quantitative estimate of drug-likeness (QED) is 0.532. The van der Waals surface area contributed by atoms with Crippen LogP contribution in [0.2, 0.25) is 5.02 Å². The highest BCUT2D eigenvalue weighted by Crippen LogP contribution is 2.27.